The molecule has 4 nitrogen and oxygen atoms in total. The van der Waals surface area contributed by atoms with Gasteiger partial charge in [0.05, 0.1) is 12.6 Å². The number of esters is 1. The van der Waals surface area contributed by atoms with Crippen LogP contribution in [-0.4, -0.2) is 22.9 Å². The summed E-state index contributed by atoms with van der Waals surface area (Å²) in [5.74, 6) is 0.329. The lowest BCUT2D eigenvalue weighted by molar-refractivity contribution is 0.0586. The highest BCUT2D eigenvalue weighted by atomic mass is 16.5. The van der Waals surface area contributed by atoms with E-state index in [1.54, 1.807) is 0 Å². The van der Waals surface area contributed by atoms with Crippen molar-refractivity contribution < 1.29 is 9.53 Å². The van der Waals surface area contributed by atoms with Gasteiger partial charge in [0.1, 0.15) is 0 Å². The van der Waals surface area contributed by atoms with Gasteiger partial charge in [-0.25, -0.2) is 4.79 Å². The number of hydrogen-bond acceptors (Lipinski definition) is 3. The van der Waals surface area contributed by atoms with Gasteiger partial charge >= 0.3 is 5.97 Å². The number of rotatable bonds is 3. The van der Waals surface area contributed by atoms with E-state index in [1.165, 1.54) is 39.2 Å². The Labute approximate surface area is 125 Å². The van der Waals surface area contributed by atoms with Gasteiger partial charge in [-0.05, 0) is 31.2 Å². The van der Waals surface area contributed by atoms with Crippen molar-refractivity contribution in [2.24, 2.45) is 5.92 Å². The van der Waals surface area contributed by atoms with Gasteiger partial charge in [-0.3, -0.25) is 4.68 Å². The minimum atomic E-state index is -0.293. The standard InChI is InChI=1S/C17H22N2O2/c1-12-7-6-10-14-15(12)18-19(16(14)17(20)21-2)11-13-8-4-3-5-9-13/h6-7,10,13H,3-5,8-9,11H2,1-2H3. The van der Waals surface area contributed by atoms with Gasteiger partial charge in [0.15, 0.2) is 5.69 Å². The second-order valence-electron chi connectivity index (χ2n) is 6.00. The zero-order valence-electron chi connectivity index (χ0n) is 12.8. The molecule has 0 aliphatic heterocycles. The number of aromatic nitrogens is 2. The Bertz CT molecular complexity index is 654. The lowest BCUT2D eigenvalue weighted by Crippen LogP contribution is -2.19. The van der Waals surface area contributed by atoms with E-state index in [-0.39, 0.29) is 5.97 Å². The fourth-order valence-electron chi connectivity index (χ4n) is 3.35. The van der Waals surface area contributed by atoms with Crippen LogP contribution in [0.15, 0.2) is 18.2 Å². The normalized spacial score (nSPS) is 16.3. The molecule has 0 spiro atoms. The zero-order chi connectivity index (χ0) is 14.8. The number of methoxy groups -OCH3 is 1. The maximum Gasteiger partial charge on any atom is 0.356 e. The topological polar surface area (TPSA) is 44.1 Å². The molecule has 1 saturated carbocycles. The molecule has 0 saturated heterocycles. The number of hydrogen-bond donors (Lipinski definition) is 0. The minimum absolute atomic E-state index is 0.293. The predicted molar refractivity (Wildman–Crippen MR) is 82.4 cm³/mol. The van der Waals surface area contributed by atoms with Crippen LogP contribution in [0.2, 0.25) is 0 Å². The second-order valence-corrected chi connectivity index (χ2v) is 6.00. The molecule has 4 heteroatoms. The lowest BCUT2D eigenvalue weighted by atomic mass is 9.89. The Balaban J connectivity index is 2.03. The Kier molecular flexibility index (Phi) is 3.95. The van der Waals surface area contributed by atoms with E-state index in [0.29, 0.717) is 11.6 Å². The van der Waals surface area contributed by atoms with Crippen molar-refractivity contribution in [1.82, 2.24) is 9.78 Å². The van der Waals surface area contributed by atoms with Crippen LogP contribution >= 0.6 is 0 Å². The van der Waals surface area contributed by atoms with Gasteiger partial charge in [-0.15, -0.1) is 0 Å². The highest BCUT2D eigenvalue weighted by Gasteiger charge is 2.23. The molecule has 1 aromatic carbocycles. The summed E-state index contributed by atoms with van der Waals surface area (Å²) in [4.78, 5) is 12.2. The fraction of sp³-hybridized carbons (Fsp3) is 0.529. The first-order valence-electron chi connectivity index (χ1n) is 7.75. The quantitative estimate of drug-likeness (QED) is 0.808. The van der Waals surface area contributed by atoms with Crippen molar-refractivity contribution in [2.75, 3.05) is 7.11 Å². The van der Waals surface area contributed by atoms with Crippen LogP contribution in [0.3, 0.4) is 0 Å². The molecule has 1 fully saturated rings. The van der Waals surface area contributed by atoms with Crippen LogP contribution in [0, 0.1) is 12.8 Å². The molecule has 3 rings (SSSR count). The average Bonchev–Trinajstić information content (AvgIpc) is 2.87. The van der Waals surface area contributed by atoms with Gasteiger partial charge in [0, 0.05) is 11.9 Å². The SMILES string of the molecule is COC(=O)c1c2cccc(C)c2nn1CC1CCCCC1. The van der Waals surface area contributed by atoms with E-state index in [1.807, 2.05) is 29.8 Å². The largest absolute Gasteiger partial charge is 0.464 e. The minimum Gasteiger partial charge on any atom is -0.464 e. The van der Waals surface area contributed by atoms with E-state index in [4.69, 9.17) is 9.84 Å². The molecule has 0 unspecified atom stereocenters. The fourth-order valence-corrected chi connectivity index (χ4v) is 3.35. The molecule has 0 N–H and O–H groups in total. The Morgan fingerprint density at radius 1 is 1.33 bits per heavy atom. The summed E-state index contributed by atoms with van der Waals surface area (Å²) in [5.41, 5.74) is 2.61. The molecule has 0 bridgehead atoms. The van der Waals surface area contributed by atoms with Crippen LogP contribution in [0.4, 0.5) is 0 Å². The molecule has 1 heterocycles. The second kappa shape index (κ2) is 5.88. The Morgan fingerprint density at radius 2 is 2.10 bits per heavy atom. The van der Waals surface area contributed by atoms with Crippen molar-refractivity contribution in [3.63, 3.8) is 0 Å². The molecule has 1 aliphatic carbocycles. The predicted octanol–water partition coefficient (Wildman–Crippen LogP) is 3.71. The number of carbonyl (C=O) groups excluding carboxylic acids is 1. The highest BCUT2D eigenvalue weighted by molar-refractivity contribution is 6.02. The summed E-state index contributed by atoms with van der Waals surface area (Å²) in [7, 11) is 1.43. The van der Waals surface area contributed by atoms with Gasteiger partial charge in [-0.2, -0.15) is 5.10 Å². The van der Waals surface area contributed by atoms with E-state index < -0.39 is 0 Å². The maximum absolute atomic E-state index is 12.2. The summed E-state index contributed by atoms with van der Waals surface area (Å²) < 4.78 is 6.85. The lowest BCUT2D eigenvalue weighted by Gasteiger charge is -2.21. The third-order valence-electron chi connectivity index (χ3n) is 4.51. The molecule has 0 amide bonds. The summed E-state index contributed by atoms with van der Waals surface area (Å²) in [6.07, 6.45) is 6.38. The van der Waals surface area contributed by atoms with Crippen molar-refractivity contribution in [2.45, 2.75) is 45.6 Å². The Morgan fingerprint density at radius 3 is 2.81 bits per heavy atom. The smallest absolute Gasteiger partial charge is 0.356 e. The number of benzene rings is 1. The molecular weight excluding hydrogens is 264 g/mol. The van der Waals surface area contributed by atoms with Crippen molar-refractivity contribution in [1.29, 1.82) is 0 Å². The van der Waals surface area contributed by atoms with Crippen LogP contribution in [0.1, 0.15) is 48.2 Å². The van der Waals surface area contributed by atoms with Gasteiger partial charge < -0.3 is 4.74 Å². The van der Waals surface area contributed by atoms with Crippen molar-refractivity contribution >= 4 is 16.9 Å². The first kappa shape index (κ1) is 14.1. The number of nitrogens with zero attached hydrogens (tertiary/aromatic N) is 2. The van der Waals surface area contributed by atoms with E-state index >= 15 is 0 Å². The maximum atomic E-state index is 12.2. The molecule has 21 heavy (non-hydrogen) atoms. The number of aryl methyl sites for hydroxylation is 1. The first-order valence-corrected chi connectivity index (χ1v) is 7.75. The summed E-state index contributed by atoms with van der Waals surface area (Å²) in [6.45, 7) is 2.85. The van der Waals surface area contributed by atoms with Crippen LogP contribution in [0.25, 0.3) is 10.9 Å². The van der Waals surface area contributed by atoms with Crippen molar-refractivity contribution in [3.05, 3.63) is 29.5 Å². The van der Waals surface area contributed by atoms with Gasteiger partial charge in [-0.1, -0.05) is 37.5 Å². The Hall–Kier alpha value is -1.84. The summed E-state index contributed by atoms with van der Waals surface area (Å²) in [5, 5.41) is 5.59. The third kappa shape index (κ3) is 2.67. The van der Waals surface area contributed by atoms with Crippen LogP contribution in [-0.2, 0) is 11.3 Å². The summed E-state index contributed by atoms with van der Waals surface area (Å²) in [6, 6.07) is 5.96. The third-order valence-corrected chi connectivity index (χ3v) is 4.51. The first-order chi connectivity index (χ1) is 10.2. The van der Waals surface area contributed by atoms with Crippen LogP contribution in [0.5, 0.6) is 0 Å². The van der Waals surface area contributed by atoms with Gasteiger partial charge in [0.25, 0.3) is 0 Å². The molecule has 2 aromatic rings. The van der Waals surface area contributed by atoms with Crippen molar-refractivity contribution in [3.8, 4) is 0 Å². The summed E-state index contributed by atoms with van der Waals surface area (Å²) >= 11 is 0. The molecular formula is C17H22N2O2. The molecule has 1 aromatic heterocycles. The number of carbonyl (C=O) groups is 1. The number of ether oxygens (including phenoxy) is 1. The zero-order valence-corrected chi connectivity index (χ0v) is 12.8. The number of fused-ring (bicyclic) bond motifs is 1. The van der Waals surface area contributed by atoms with Crippen LogP contribution < -0.4 is 0 Å². The molecule has 0 radical (unpaired) electrons. The van der Waals surface area contributed by atoms with E-state index in [2.05, 4.69) is 0 Å². The monoisotopic (exact) mass is 286 g/mol. The van der Waals surface area contributed by atoms with E-state index in [0.717, 1.165) is 23.0 Å². The highest BCUT2D eigenvalue weighted by Crippen LogP contribution is 2.28. The molecule has 112 valence electrons. The molecule has 0 atom stereocenters. The van der Waals surface area contributed by atoms with Gasteiger partial charge in [0.2, 0.25) is 0 Å². The molecule has 1 aliphatic rings. The van der Waals surface area contributed by atoms with E-state index in [9.17, 15) is 4.79 Å². The average molecular weight is 286 g/mol.